The van der Waals surface area contributed by atoms with Gasteiger partial charge in [-0.25, -0.2) is 0 Å². The van der Waals surface area contributed by atoms with Gasteiger partial charge >= 0.3 is 0 Å². The third-order valence-corrected chi connectivity index (χ3v) is 3.20. The van der Waals surface area contributed by atoms with Crippen LogP contribution in [0.15, 0.2) is 0 Å². The van der Waals surface area contributed by atoms with E-state index in [0.717, 1.165) is 6.42 Å². The van der Waals surface area contributed by atoms with Crippen LogP contribution >= 0.6 is 0 Å². The first-order valence-electron chi connectivity index (χ1n) is 6.88. The summed E-state index contributed by atoms with van der Waals surface area (Å²) in [5.74, 6) is 2.22. The number of unbranched alkanes of at least 4 members (excludes halogenated alkanes) is 4. The molecule has 1 aliphatic heterocycles. The Labute approximate surface area is 106 Å². The monoisotopic (exact) mass is 238 g/mol. The molecule has 1 aliphatic rings. The molecule has 0 aromatic rings. The first-order valence-corrected chi connectivity index (χ1v) is 6.88. The van der Waals surface area contributed by atoms with E-state index < -0.39 is 5.79 Å². The van der Waals surface area contributed by atoms with E-state index in [2.05, 4.69) is 12.8 Å². The molecule has 0 spiro atoms. The van der Waals surface area contributed by atoms with E-state index >= 15 is 0 Å². The molecule has 0 bridgehead atoms. The van der Waals surface area contributed by atoms with Gasteiger partial charge in [-0.15, -0.1) is 12.3 Å². The van der Waals surface area contributed by atoms with Crippen LogP contribution in [0, 0.1) is 12.3 Å². The van der Waals surface area contributed by atoms with Crippen LogP contribution in [-0.4, -0.2) is 18.0 Å². The van der Waals surface area contributed by atoms with Gasteiger partial charge in [0.1, 0.15) is 0 Å². The van der Waals surface area contributed by atoms with Crippen molar-refractivity contribution in [2.45, 2.75) is 83.7 Å². The van der Waals surface area contributed by atoms with Gasteiger partial charge < -0.3 is 9.47 Å². The number of ether oxygens (including phenoxy) is 2. The van der Waals surface area contributed by atoms with Crippen LogP contribution in [0.1, 0.15) is 65.7 Å². The van der Waals surface area contributed by atoms with Crippen LogP contribution in [0.5, 0.6) is 0 Å². The van der Waals surface area contributed by atoms with Crippen molar-refractivity contribution in [3.8, 4) is 12.3 Å². The lowest BCUT2D eigenvalue weighted by Gasteiger charge is -2.16. The van der Waals surface area contributed by atoms with E-state index in [-0.39, 0.29) is 12.2 Å². The van der Waals surface area contributed by atoms with Crippen molar-refractivity contribution >= 4 is 0 Å². The van der Waals surface area contributed by atoms with Crippen LogP contribution in [0.2, 0.25) is 0 Å². The molecule has 1 heterocycles. The molecule has 2 heteroatoms. The summed E-state index contributed by atoms with van der Waals surface area (Å²) in [4.78, 5) is 0. The smallest absolute Gasteiger partial charge is 0.163 e. The van der Waals surface area contributed by atoms with Gasteiger partial charge in [-0.05, 0) is 20.3 Å². The molecule has 2 nitrogen and oxygen atoms in total. The van der Waals surface area contributed by atoms with Crippen molar-refractivity contribution in [2.24, 2.45) is 0 Å². The van der Waals surface area contributed by atoms with Crippen LogP contribution in [0.25, 0.3) is 0 Å². The largest absolute Gasteiger partial charge is 0.345 e. The molecule has 0 radical (unpaired) electrons. The van der Waals surface area contributed by atoms with Crippen molar-refractivity contribution < 1.29 is 9.47 Å². The Balaban J connectivity index is 2.28. The molecule has 0 saturated carbocycles. The Morgan fingerprint density at radius 1 is 1.06 bits per heavy atom. The maximum Gasteiger partial charge on any atom is 0.163 e. The molecule has 17 heavy (non-hydrogen) atoms. The normalized spacial score (nSPS) is 26.9. The van der Waals surface area contributed by atoms with Gasteiger partial charge in [0.05, 0.1) is 12.2 Å². The summed E-state index contributed by atoms with van der Waals surface area (Å²) in [6, 6.07) is 0. The summed E-state index contributed by atoms with van der Waals surface area (Å²) in [6.45, 7) is 6.17. The fraction of sp³-hybridized carbons (Fsp3) is 0.867. The average molecular weight is 238 g/mol. The van der Waals surface area contributed by atoms with Crippen LogP contribution in [0.3, 0.4) is 0 Å². The fourth-order valence-electron chi connectivity index (χ4n) is 2.39. The van der Waals surface area contributed by atoms with Gasteiger partial charge in [0, 0.05) is 6.42 Å². The molecule has 1 rings (SSSR count). The van der Waals surface area contributed by atoms with Crippen LogP contribution < -0.4 is 0 Å². The molecule has 1 saturated heterocycles. The zero-order chi connectivity index (χ0) is 12.7. The van der Waals surface area contributed by atoms with Crippen LogP contribution in [-0.2, 0) is 9.47 Å². The van der Waals surface area contributed by atoms with Crippen molar-refractivity contribution in [3.05, 3.63) is 0 Å². The predicted octanol–water partition coefficient (Wildman–Crippen LogP) is 3.89. The van der Waals surface area contributed by atoms with Crippen molar-refractivity contribution in [3.63, 3.8) is 0 Å². The summed E-state index contributed by atoms with van der Waals surface area (Å²) < 4.78 is 11.7. The molecule has 0 aromatic carbocycles. The quantitative estimate of drug-likeness (QED) is 0.495. The van der Waals surface area contributed by atoms with Crippen molar-refractivity contribution in [1.29, 1.82) is 0 Å². The molecule has 2 atom stereocenters. The SMILES string of the molecule is C#CC[C@H]1OC(C)(C)O[C@@H]1CCCCCCC. The van der Waals surface area contributed by atoms with Gasteiger partial charge in [-0.1, -0.05) is 39.0 Å². The summed E-state index contributed by atoms with van der Waals surface area (Å²) in [6.07, 6.45) is 13.8. The summed E-state index contributed by atoms with van der Waals surface area (Å²) in [5.41, 5.74) is 0. The number of terminal acetylenes is 1. The molecule has 98 valence electrons. The van der Waals surface area contributed by atoms with Gasteiger partial charge in [0.2, 0.25) is 0 Å². The third-order valence-electron chi connectivity index (χ3n) is 3.20. The van der Waals surface area contributed by atoms with Gasteiger partial charge in [-0.2, -0.15) is 0 Å². The second kappa shape index (κ2) is 7.03. The minimum Gasteiger partial charge on any atom is -0.345 e. The topological polar surface area (TPSA) is 18.5 Å². The Morgan fingerprint density at radius 2 is 1.71 bits per heavy atom. The molecule has 0 aromatic heterocycles. The molecule has 0 unspecified atom stereocenters. The first-order chi connectivity index (χ1) is 8.09. The number of hydrogen-bond acceptors (Lipinski definition) is 2. The Hall–Kier alpha value is -0.520. The highest BCUT2D eigenvalue weighted by Crippen LogP contribution is 2.32. The van der Waals surface area contributed by atoms with Crippen LogP contribution in [0.4, 0.5) is 0 Å². The van der Waals surface area contributed by atoms with E-state index in [1.54, 1.807) is 0 Å². The number of rotatable bonds is 7. The zero-order valence-electron chi connectivity index (χ0n) is 11.5. The standard InChI is InChI=1S/C15H26O2/c1-5-7-8-9-10-12-14-13(11-6-2)16-15(3,4)17-14/h2,13-14H,5,7-12H2,1,3-4H3/t13-,14-/m1/s1. The van der Waals surface area contributed by atoms with E-state index in [0.29, 0.717) is 6.42 Å². The second-order valence-electron chi connectivity index (χ2n) is 5.32. The first kappa shape index (κ1) is 14.5. The minimum absolute atomic E-state index is 0.0844. The Morgan fingerprint density at radius 3 is 2.35 bits per heavy atom. The Bertz CT molecular complexity index is 252. The molecule has 0 amide bonds. The maximum absolute atomic E-state index is 5.90. The highest BCUT2D eigenvalue weighted by Gasteiger charge is 2.40. The summed E-state index contributed by atoms with van der Waals surface area (Å²) in [7, 11) is 0. The van der Waals surface area contributed by atoms with E-state index in [9.17, 15) is 0 Å². The summed E-state index contributed by atoms with van der Waals surface area (Å²) in [5, 5.41) is 0. The molecular weight excluding hydrogens is 212 g/mol. The summed E-state index contributed by atoms with van der Waals surface area (Å²) >= 11 is 0. The lowest BCUT2D eigenvalue weighted by atomic mass is 10.0. The predicted molar refractivity (Wildman–Crippen MR) is 70.7 cm³/mol. The average Bonchev–Trinajstić information content (AvgIpc) is 2.54. The third kappa shape index (κ3) is 5.10. The molecular formula is C15H26O2. The van der Waals surface area contributed by atoms with Gasteiger partial charge in [0.25, 0.3) is 0 Å². The van der Waals surface area contributed by atoms with E-state index in [1.165, 1.54) is 32.1 Å². The lowest BCUT2D eigenvalue weighted by Crippen LogP contribution is -2.21. The Kier molecular flexibility index (Phi) is 6.02. The van der Waals surface area contributed by atoms with Crippen molar-refractivity contribution in [2.75, 3.05) is 0 Å². The molecule has 0 aliphatic carbocycles. The van der Waals surface area contributed by atoms with Gasteiger partial charge in [-0.3, -0.25) is 0 Å². The van der Waals surface area contributed by atoms with Gasteiger partial charge in [0.15, 0.2) is 5.79 Å². The van der Waals surface area contributed by atoms with Crippen molar-refractivity contribution in [1.82, 2.24) is 0 Å². The van der Waals surface area contributed by atoms with E-state index in [4.69, 9.17) is 15.9 Å². The second-order valence-corrected chi connectivity index (χ2v) is 5.32. The highest BCUT2D eigenvalue weighted by atomic mass is 16.7. The van der Waals surface area contributed by atoms with E-state index in [1.807, 2.05) is 13.8 Å². The zero-order valence-corrected chi connectivity index (χ0v) is 11.5. The lowest BCUT2D eigenvalue weighted by molar-refractivity contribution is -0.146. The maximum atomic E-state index is 5.90. The fourth-order valence-corrected chi connectivity index (χ4v) is 2.39. The molecule has 0 N–H and O–H groups in total. The minimum atomic E-state index is -0.463. The molecule has 1 fully saturated rings. The number of hydrogen-bond donors (Lipinski definition) is 0. The highest BCUT2D eigenvalue weighted by molar-refractivity contribution is 4.93.